The zero-order valence-corrected chi connectivity index (χ0v) is 23.5. The van der Waals surface area contributed by atoms with Crippen molar-refractivity contribution in [2.45, 2.75) is 83.7 Å². The van der Waals surface area contributed by atoms with Gasteiger partial charge < -0.3 is 16.0 Å². The fourth-order valence-corrected chi connectivity index (χ4v) is 8.02. The molecule has 0 radical (unpaired) electrons. The smallest absolute Gasteiger partial charge is 0.264 e. The fraction of sp³-hybridized carbons (Fsp3) is 0.643. The lowest BCUT2D eigenvalue weighted by Crippen LogP contribution is -2.55. The molecule has 4 atom stereocenters. The Morgan fingerprint density at radius 3 is 2.43 bits per heavy atom. The van der Waals surface area contributed by atoms with Crippen LogP contribution in [0.25, 0.3) is 0 Å². The van der Waals surface area contributed by atoms with Crippen LogP contribution in [0.3, 0.4) is 0 Å². The molecule has 0 bridgehead atoms. The van der Waals surface area contributed by atoms with Crippen molar-refractivity contribution in [1.82, 2.24) is 20.3 Å². The number of hydrogen-bond donors (Lipinski definition) is 3. The van der Waals surface area contributed by atoms with Crippen molar-refractivity contribution in [1.29, 1.82) is 0 Å². The summed E-state index contributed by atoms with van der Waals surface area (Å²) in [6.45, 7) is 13.1. The van der Waals surface area contributed by atoms with Gasteiger partial charge in [0.1, 0.15) is 6.04 Å². The average molecular weight is 531 g/mol. The van der Waals surface area contributed by atoms with Gasteiger partial charge in [0.15, 0.2) is 0 Å². The highest BCUT2D eigenvalue weighted by atomic mass is 32.2. The molecular weight excluding hydrogens is 488 g/mol. The van der Waals surface area contributed by atoms with Crippen LogP contribution in [0.5, 0.6) is 0 Å². The Balaban J connectivity index is 1.43. The number of carbonyl (C=O) groups excluding carboxylic acids is 2. The largest absolute Gasteiger partial charge is 0.353 e. The first-order chi connectivity index (χ1) is 17.3. The Hall–Kier alpha value is -2.39. The summed E-state index contributed by atoms with van der Waals surface area (Å²) in [5.41, 5.74) is 1.09. The zero-order valence-electron chi connectivity index (χ0n) is 22.7. The van der Waals surface area contributed by atoms with Gasteiger partial charge in [-0.2, -0.15) is 0 Å². The van der Waals surface area contributed by atoms with Crippen molar-refractivity contribution in [3.63, 3.8) is 0 Å². The van der Waals surface area contributed by atoms with Gasteiger partial charge in [-0.25, -0.2) is 8.42 Å². The van der Waals surface area contributed by atoms with Crippen molar-refractivity contribution in [2.24, 2.45) is 22.7 Å². The van der Waals surface area contributed by atoms with Crippen molar-refractivity contribution in [3.8, 4) is 0 Å². The third kappa shape index (κ3) is 5.87. The Morgan fingerprint density at radius 2 is 1.78 bits per heavy atom. The quantitative estimate of drug-likeness (QED) is 0.523. The summed E-state index contributed by atoms with van der Waals surface area (Å²) in [7, 11) is -3.99. The van der Waals surface area contributed by atoms with E-state index in [1.54, 1.807) is 12.1 Å². The number of nitrogens with zero attached hydrogens (tertiary/aromatic N) is 1. The van der Waals surface area contributed by atoms with Gasteiger partial charge in [-0.1, -0.05) is 45.4 Å². The van der Waals surface area contributed by atoms with Crippen LogP contribution < -0.4 is 16.0 Å². The Morgan fingerprint density at radius 1 is 1.08 bits per heavy atom. The molecule has 9 heteroatoms. The molecule has 1 saturated heterocycles. The van der Waals surface area contributed by atoms with E-state index in [0.29, 0.717) is 11.8 Å². The van der Waals surface area contributed by atoms with Crippen LogP contribution in [0.15, 0.2) is 41.6 Å². The summed E-state index contributed by atoms with van der Waals surface area (Å²) in [4.78, 5) is 26.0. The van der Waals surface area contributed by atoms with Gasteiger partial charge in [0, 0.05) is 25.0 Å². The van der Waals surface area contributed by atoms with Gasteiger partial charge in [0.25, 0.3) is 10.0 Å². The maximum absolute atomic E-state index is 13.3. The van der Waals surface area contributed by atoms with E-state index in [4.69, 9.17) is 0 Å². The number of sulfonamides is 1. The monoisotopic (exact) mass is 530 g/mol. The summed E-state index contributed by atoms with van der Waals surface area (Å²) in [6, 6.07) is 5.30. The number of amides is 2. The second-order valence-electron chi connectivity index (χ2n) is 12.4. The first kappa shape index (κ1) is 27.6. The van der Waals surface area contributed by atoms with E-state index in [0.717, 1.165) is 42.2 Å². The van der Waals surface area contributed by atoms with Gasteiger partial charge in [-0.3, -0.25) is 13.9 Å². The molecule has 2 amide bonds. The van der Waals surface area contributed by atoms with Gasteiger partial charge in [0.05, 0.1) is 11.3 Å². The summed E-state index contributed by atoms with van der Waals surface area (Å²) in [5.74, 6) is 0.454. The number of benzene rings is 1. The molecule has 1 aromatic rings. The lowest BCUT2D eigenvalue weighted by Gasteiger charge is -2.50. The molecule has 4 rings (SSSR count). The Kier molecular flexibility index (Phi) is 7.77. The molecule has 2 aliphatic heterocycles. The Labute approximate surface area is 221 Å². The van der Waals surface area contributed by atoms with E-state index >= 15 is 0 Å². The number of nitrogens with one attached hydrogen (secondary N) is 3. The van der Waals surface area contributed by atoms with E-state index in [1.807, 2.05) is 6.92 Å². The highest BCUT2D eigenvalue weighted by molar-refractivity contribution is 7.89. The van der Waals surface area contributed by atoms with E-state index in [1.165, 1.54) is 31.0 Å². The number of aryl methyl sites for hydroxylation is 1. The van der Waals surface area contributed by atoms with Crippen LogP contribution in [0.1, 0.15) is 65.4 Å². The van der Waals surface area contributed by atoms with E-state index in [9.17, 15) is 18.0 Å². The molecule has 3 N–H and O–H groups in total. The van der Waals surface area contributed by atoms with Crippen molar-refractivity contribution < 1.29 is 18.0 Å². The van der Waals surface area contributed by atoms with Crippen LogP contribution in [-0.2, 0) is 19.6 Å². The second-order valence-corrected chi connectivity index (χ2v) is 14.2. The molecule has 1 aromatic carbocycles. The highest BCUT2D eigenvalue weighted by Crippen LogP contribution is 2.48. The predicted molar refractivity (Wildman–Crippen MR) is 144 cm³/mol. The topological polar surface area (TPSA) is 108 Å². The summed E-state index contributed by atoms with van der Waals surface area (Å²) in [6.07, 6.45) is 6.54. The molecule has 3 aliphatic rings. The van der Waals surface area contributed by atoms with Gasteiger partial charge in [-0.05, 0) is 74.0 Å². The third-order valence-corrected chi connectivity index (χ3v) is 10.5. The van der Waals surface area contributed by atoms with Crippen LogP contribution in [0, 0.1) is 29.6 Å². The number of hydrogen-bond acceptors (Lipinski definition) is 5. The minimum Gasteiger partial charge on any atom is -0.353 e. The van der Waals surface area contributed by atoms with Gasteiger partial charge in [-0.15, -0.1) is 0 Å². The fourth-order valence-electron chi connectivity index (χ4n) is 6.57. The number of rotatable bonds is 6. The zero-order chi connectivity index (χ0) is 27.0. The normalized spacial score (nSPS) is 29.4. The molecule has 1 aliphatic carbocycles. The maximum atomic E-state index is 13.3. The summed E-state index contributed by atoms with van der Waals surface area (Å²) in [5, 5.41) is 9.25. The lowest BCUT2D eigenvalue weighted by atomic mass is 9.59. The second kappa shape index (κ2) is 10.4. The molecule has 1 saturated carbocycles. The van der Waals surface area contributed by atoms with Crippen LogP contribution in [0.2, 0.25) is 0 Å². The molecule has 0 spiro atoms. The van der Waals surface area contributed by atoms with Crippen LogP contribution in [0.4, 0.5) is 0 Å². The average Bonchev–Trinajstić information content (AvgIpc) is 2.81. The maximum Gasteiger partial charge on any atom is 0.264 e. The molecule has 2 heterocycles. The Bertz CT molecular complexity index is 1140. The molecule has 8 nitrogen and oxygen atoms in total. The summed E-state index contributed by atoms with van der Waals surface area (Å²) < 4.78 is 27.7. The van der Waals surface area contributed by atoms with Gasteiger partial charge >= 0.3 is 0 Å². The van der Waals surface area contributed by atoms with Crippen molar-refractivity contribution in [2.75, 3.05) is 13.1 Å². The first-order valence-corrected chi connectivity index (χ1v) is 14.8. The molecular formula is C28H42N4O4S. The predicted octanol–water partition coefficient (Wildman–Crippen LogP) is 3.29. The SMILES string of the molecule is Cc1ccc(S(=O)(=O)N2C=CNC(=O)[C@H]2CC(=O)NC2CCC(C3CCNCC3(C)C)CC2(C)C)cc1. The minimum atomic E-state index is -3.99. The van der Waals surface area contributed by atoms with Crippen LogP contribution in [-0.4, -0.2) is 49.7 Å². The first-order valence-electron chi connectivity index (χ1n) is 13.4. The van der Waals surface area contributed by atoms with Gasteiger partial charge in [0.2, 0.25) is 11.8 Å². The lowest BCUT2D eigenvalue weighted by molar-refractivity contribution is -0.130. The van der Waals surface area contributed by atoms with E-state index < -0.39 is 22.0 Å². The molecule has 37 heavy (non-hydrogen) atoms. The third-order valence-electron chi connectivity index (χ3n) is 8.71. The standard InChI is InChI=1S/C28H42N4O4S/c1-19-6-9-21(10-7-19)37(35,36)32-15-14-30-26(34)23(32)16-25(33)31-24-11-8-20(17-27(24,2)3)22-12-13-29-18-28(22,4)5/h6-7,9-10,14-15,20,22-24,29H,8,11-13,16-18H2,1-5H3,(H,30,34)(H,31,33)/t20?,22?,23-,24?/m1/s1. The molecule has 204 valence electrons. The number of piperidine rings is 1. The minimum absolute atomic E-state index is 0.0228. The van der Waals surface area contributed by atoms with E-state index in [2.05, 4.69) is 43.6 Å². The summed E-state index contributed by atoms with van der Waals surface area (Å²) >= 11 is 0. The van der Waals surface area contributed by atoms with Crippen molar-refractivity contribution in [3.05, 3.63) is 42.2 Å². The molecule has 2 fully saturated rings. The molecule has 0 aromatic heterocycles. The highest BCUT2D eigenvalue weighted by Gasteiger charge is 2.45. The van der Waals surface area contributed by atoms with Crippen LogP contribution >= 0.6 is 0 Å². The number of carbonyl (C=O) groups is 2. The molecule has 3 unspecified atom stereocenters. The van der Waals surface area contributed by atoms with E-state index in [-0.39, 0.29) is 34.1 Å². The van der Waals surface area contributed by atoms with Crippen molar-refractivity contribution >= 4 is 21.8 Å².